The maximum Gasteiger partial charge on any atom is 0.339 e. The van der Waals surface area contributed by atoms with Crippen LogP contribution in [0.25, 0.3) is 10.8 Å². The summed E-state index contributed by atoms with van der Waals surface area (Å²) >= 11 is 0. The fraction of sp³-hybridized carbons (Fsp3) is 0.227. The van der Waals surface area contributed by atoms with Gasteiger partial charge in [0.25, 0.3) is 0 Å². The normalized spacial score (nSPS) is 14.8. The van der Waals surface area contributed by atoms with Crippen molar-refractivity contribution < 1.29 is 17.4 Å². The summed E-state index contributed by atoms with van der Waals surface area (Å²) in [5, 5.41) is 1.82. The molecule has 3 aromatic carbocycles. The van der Waals surface area contributed by atoms with Gasteiger partial charge in [0, 0.05) is 38.8 Å². The van der Waals surface area contributed by atoms with Crippen molar-refractivity contribution >= 4 is 32.5 Å². The first-order valence-corrected chi connectivity index (χ1v) is 10.9. The fourth-order valence-electron chi connectivity index (χ4n) is 3.49. The minimum absolute atomic E-state index is 0.0901. The molecule has 0 bridgehead atoms. The number of hydrogen-bond acceptors (Lipinski definition) is 5. The number of nitrogens with zero attached hydrogens (tertiary/aromatic N) is 2. The van der Waals surface area contributed by atoms with Crippen LogP contribution < -0.4 is 9.08 Å². The van der Waals surface area contributed by atoms with Gasteiger partial charge < -0.3 is 14.0 Å². The van der Waals surface area contributed by atoms with E-state index in [1.807, 2.05) is 41.3 Å². The summed E-state index contributed by atoms with van der Waals surface area (Å²) in [6.07, 6.45) is 0. The van der Waals surface area contributed by atoms with Crippen LogP contribution in [0.5, 0.6) is 5.75 Å². The van der Waals surface area contributed by atoms with Crippen LogP contribution in [0, 0.1) is 0 Å². The lowest BCUT2D eigenvalue weighted by Crippen LogP contribution is -2.48. The van der Waals surface area contributed by atoms with Crippen LogP contribution in [0.2, 0.25) is 0 Å². The van der Waals surface area contributed by atoms with E-state index in [1.165, 1.54) is 0 Å². The lowest BCUT2D eigenvalue weighted by molar-refractivity contribution is -0.129. The smallest absolute Gasteiger partial charge is 0.339 e. The van der Waals surface area contributed by atoms with E-state index in [0.29, 0.717) is 13.1 Å². The van der Waals surface area contributed by atoms with E-state index in [1.54, 1.807) is 37.3 Å². The van der Waals surface area contributed by atoms with Crippen LogP contribution in [-0.2, 0) is 14.9 Å². The summed E-state index contributed by atoms with van der Waals surface area (Å²) in [5.74, 6) is 0.358. The quantitative estimate of drug-likeness (QED) is 0.618. The Labute approximate surface area is 170 Å². The number of benzene rings is 3. The summed E-state index contributed by atoms with van der Waals surface area (Å²) in [6, 6.07) is 19.5. The second-order valence-corrected chi connectivity index (χ2v) is 8.58. The first kappa shape index (κ1) is 19.3. The van der Waals surface area contributed by atoms with Crippen LogP contribution >= 0.6 is 0 Å². The predicted octanol–water partition coefficient (Wildman–Crippen LogP) is 3.28. The van der Waals surface area contributed by atoms with Crippen molar-refractivity contribution in [1.29, 1.82) is 0 Å². The van der Waals surface area contributed by atoms with E-state index in [2.05, 4.69) is 4.90 Å². The Morgan fingerprint density at radius 2 is 1.52 bits per heavy atom. The van der Waals surface area contributed by atoms with Crippen LogP contribution in [0.15, 0.2) is 71.6 Å². The molecule has 1 aliphatic heterocycles. The Bertz CT molecular complexity index is 1130. The molecule has 1 aliphatic rings. The number of hydrogen-bond donors (Lipinski definition) is 0. The first-order valence-electron chi connectivity index (χ1n) is 9.46. The molecule has 4 rings (SSSR count). The summed E-state index contributed by atoms with van der Waals surface area (Å²) in [6.45, 7) is 4.44. The van der Waals surface area contributed by atoms with Gasteiger partial charge in [-0.15, -0.1) is 0 Å². The molecule has 0 spiro atoms. The van der Waals surface area contributed by atoms with Gasteiger partial charge in [0.2, 0.25) is 5.91 Å². The summed E-state index contributed by atoms with van der Waals surface area (Å²) < 4.78 is 30.7. The third-order valence-electron chi connectivity index (χ3n) is 5.14. The molecule has 0 saturated carbocycles. The molecular formula is C22H22N2O4S. The van der Waals surface area contributed by atoms with Gasteiger partial charge in [-0.05, 0) is 47.2 Å². The van der Waals surface area contributed by atoms with Gasteiger partial charge in [-0.2, -0.15) is 8.42 Å². The highest BCUT2D eigenvalue weighted by atomic mass is 32.2. The predicted molar refractivity (Wildman–Crippen MR) is 113 cm³/mol. The van der Waals surface area contributed by atoms with Crippen molar-refractivity contribution in [3.8, 4) is 5.75 Å². The van der Waals surface area contributed by atoms with Crippen molar-refractivity contribution in [3.63, 3.8) is 0 Å². The maximum absolute atomic E-state index is 12.7. The molecule has 7 heteroatoms. The Balaban J connectivity index is 1.47. The molecule has 0 radical (unpaired) electrons. The Kier molecular flexibility index (Phi) is 5.15. The van der Waals surface area contributed by atoms with Gasteiger partial charge in [-0.3, -0.25) is 4.79 Å². The summed E-state index contributed by atoms with van der Waals surface area (Å²) in [5.41, 5.74) is 0.976. The van der Waals surface area contributed by atoms with Gasteiger partial charge in [-0.25, -0.2) is 0 Å². The van der Waals surface area contributed by atoms with E-state index in [9.17, 15) is 13.2 Å². The standard InChI is InChI=1S/C22H22N2O4S/c1-17(25)23-12-14-24(15-13-23)20-7-9-21(10-8-20)28-29(26,27)22-11-6-18-4-2-3-5-19(18)16-22/h2-11,16H,12-15H2,1H3. The minimum atomic E-state index is -3.92. The van der Waals surface area contributed by atoms with E-state index in [0.717, 1.165) is 29.5 Å². The SMILES string of the molecule is CC(=O)N1CCN(c2ccc(OS(=O)(=O)c3ccc4ccccc4c3)cc2)CC1. The Morgan fingerprint density at radius 1 is 0.862 bits per heavy atom. The molecule has 1 heterocycles. The monoisotopic (exact) mass is 410 g/mol. The highest BCUT2D eigenvalue weighted by Crippen LogP contribution is 2.25. The highest BCUT2D eigenvalue weighted by Gasteiger charge is 2.20. The lowest BCUT2D eigenvalue weighted by atomic mass is 10.1. The zero-order chi connectivity index (χ0) is 20.4. The van der Waals surface area contributed by atoms with Crippen LogP contribution in [0.4, 0.5) is 5.69 Å². The maximum atomic E-state index is 12.7. The molecule has 1 saturated heterocycles. The first-order chi connectivity index (χ1) is 13.9. The van der Waals surface area contributed by atoms with Crippen molar-refractivity contribution in [3.05, 3.63) is 66.7 Å². The van der Waals surface area contributed by atoms with Crippen molar-refractivity contribution in [2.24, 2.45) is 0 Å². The third-order valence-corrected chi connectivity index (χ3v) is 6.39. The largest absolute Gasteiger partial charge is 0.379 e. The molecule has 0 unspecified atom stereocenters. The van der Waals surface area contributed by atoms with Crippen molar-refractivity contribution in [2.75, 3.05) is 31.1 Å². The Hall–Kier alpha value is -3.06. The topological polar surface area (TPSA) is 66.9 Å². The second-order valence-electron chi connectivity index (χ2n) is 7.03. The molecule has 1 fully saturated rings. The van der Waals surface area contributed by atoms with E-state index in [-0.39, 0.29) is 16.6 Å². The summed E-state index contributed by atoms with van der Waals surface area (Å²) in [7, 11) is -3.92. The number of carbonyl (C=O) groups is 1. The number of carbonyl (C=O) groups excluding carboxylic acids is 1. The number of fused-ring (bicyclic) bond motifs is 1. The van der Waals surface area contributed by atoms with E-state index in [4.69, 9.17) is 4.18 Å². The molecule has 3 aromatic rings. The average molecular weight is 410 g/mol. The second kappa shape index (κ2) is 7.75. The van der Waals surface area contributed by atoms with Gasteiger partial charge in [0.15, 0.2) is 0 Å². The average Bonchev–Trinajstić information content (AvgIpc) is 2.74. The highest BCUT2D eigenvalue weighted by molar-refractivity contribution is 7.87. The molecule has 0 atom stereocenters. The zero-order valence-corrected chi connectivity index (χ0v) is 16.9. The lowest BCUT2D eigenvalue weighted by Gasteiger charge is -2.35. The third kappa shape index (κ3) is 4.19. The fourth-order valence-corrected chi connectivity index (χ4v) is 4.46. The van der Waals surface area contributed by atoms with Crippen LogP contribution in [0.1, 0.15) is 6.92 Å². The molecular weight excluding hydrogens is 388 g/mol. The Morgan fingerprint density at radius 3 is 2.17 bits per heavy atom. The van der Waals surface area contributed by atoms with Gasteiger partial charge in [0.1, 0.15) is 10.6 Å². The molecule has 0 aliphatic carbocycles. The van der Waals surface area contributed by atoms with Crippen LogP contribution in [-0.4, -0.2) is 45.4 Å². The number of anilines is 1. The van der Waals surface area contributed by atoms with Crippen molar-refractivity contribution in [2.45, 2.75) is 11.8 Å². The number of piperazine rings is 1. The van der Waals surface area contributed by atoms with Gasteiger partial charge in [0.05, 0.1) is 0 Å². The molecule has 150 valence electrons. The van der Waals surface area contributed by atoms with E-state index < -0.39 is 10.1 Å². The molecule has 1 amide bonds. The van der Waals surface area contributed by atoms with E-state index >= 15 is 0 Å². The molecule has 29 heavy (non-hydrogen) atoms. The van der Waals surface area contributed by atoms with Gasteiger partial charge >= 0.3 is 10.1 Å². The zero-order valence-electron chi connectivity index (χ0n) is 16.1. The number of rotatable bonds is 4. The molecule has 0 aromatic heterocycles. The molecule has 0 N–H and O–H groups in total. The minimum Gasteiger partial charge on any atom is -0.379 e. The van der Waals surface area contributed by atoms with Gasteiger partial charge in [-0.1, -0.05) is 30.3 Å². The number of amides is 1. The van der Waals surface area contributed by atoms with Crippen LogP contribution in [0.3, 0.4) is 0 Å². The molecule has 6 nitrogen and oxygen atoms in total. The van der Waals surface area contributed by atoms with Crippen molar-refractivity contribution in [1.82, 2.24) is 4.90 Å². The summed E-state index contributed by atoms with van der Waals surface area (Å²) in [4.78, 5) is 15.6.